The van der Waals surface area contributed by atoms with Gasteiger partial charge in [-0.3, -0.25) is 9.69 Å². The van der Waals surface area contributed by atoms with Gasteiger partial charge in [0.2, 0.25) is 6.79 Å². The Labute approximate surface area is 145 Å². The molecule has 3 amide bonds. The molecule has 1 saturated heterocycles. The smallest absolute Gasteiger partial charge is 0.325 e. The van der Waals surface area contributed by atoms with Crippen molar-refractivity contribution in [1.29, 1.82) is 0 Å². The molecule has 0 saturated carbocycles. The maximum atomic E-state index is 12.5. The number of carbonyl (C=O) groups is 2. The summed E-state index contributed by atoms with van der Waals surface area (Å²) in [5, 5.41) is 12.9. The highest BCUT2D eigenvalue weighted by Crippen LogP contribution is 2.35. The minimum atomic E-state index is -0.996. The first-order valence-corrected chi connectivity index (χ1v) is 8.33. The van der Waals surface area contributed by atoms with Crippen molar-refractivity contribution in [1.82, 2.24) is 10.2 Å². The van der Waals surface area contributed by atoms with Crippen LogP contribution in [-0.2, 0) is 4.79 Å². The van der Waals surface area contributed by atoms with Crippen molar-refractivity contribution in [3.8, 4) is 17.2 Å². The lowest BCUT2D eigenvalue weighted by molar-refractivity contribution is -0.132. The van der Waals surface area contributed by atoms with Gasteiger partial charge in [-0.05, 0) is 25.0 Å². The molecule has 3 rings (SSSR count). The van der Waals surface area contributed by atoms with E-state index in [0.717, 1.165) is 4.90 Å². The number of aliphatic hydroxyl groups is 1. The Balaban J connectivity index is 1.56. The molecule has 25 heavy (non-hydrogen) atoms. The summed E-state index contributed by atoms with van der Waals surface area (Å²) >= 11 is 0. The van der Waals surface area contributed by atoms with Gasteiger partial charge in [-0.1, -0.05) is 13.8 Å². The number of aliphatic hydroxyl groups excluding tert-OH is 1. The number of ether oxygens (including phenoxy) is 3. The van der Waals surface area contributed by atoms with Crippen molar-refractivity contribution >= 4 is 11.9 Å². The van der Waals surface area contributed by atoms with E-state index in [1.165, 1.54) is 0 Å². The number of carbonyl (C=O) groups excluding carboxylic acids is 2. The monoisotopic (exact) mass is 350 g/mol. The normalized spacial score (nSPS) is 19.1. The van der Waals surface area contributed by atoms with Gasteiger partial charge < -0.3 is 24.6 Å². The number of hydrogen-bond donors (Lipinski definition) is 2. The molecular weight excluding hydrogens is 328 g/mol. The van der Waals surface area contributed by atoms with Crippen LogP contribution in [-0.4, -0.2) is 53.5 Å². The molecule has 1 aromatic rings. The number of urea groups is 1. The van der Waals surface area contributed by atoms with Gasteiger partial charge in [-0.15, -0.1) is 0 Å². The summed E-state index contributed by atoms with van der Waals surface area (Å²) in [5.74, 6) is 1.43. The van der Waals surface area contributed by atoms with E-state index < -0.39 is 17.7 Å². The number of β-amino-alcohol motifs (C(OH)–C–C–N with tert-alkyl or cyclic N) is 1. The largest absolute Gasteiger partial charge is 0.491 e. The lowest BCUT2D eigenvalue weighted by Gasteiger charge is -2.24. The van der Waals surface area contributed by atoms with Crippen molar-refractivity contribution in [2.45, 2.75) is 38.3 Å². The molecule has 2 aliphatic heterocycles. The Morgan fingerprint density at radius 1 is 1.28 bits per heavy atom. The fourth-order valence-corrected chi connectivity index (χ4v) is 2.99. The third kappa shape index (κ3) is 3.21. The van der Waals surface area contributed by atoms with Crippen LogP contribution in [0.2, 0.25) is 0 Å². The Bertz CT molecular complexity index is 673. The summed E-state index contributed by atoms with van der Waals surface area (Å²) < 4.78 is 16.0. The van der Waals surface area contributed by atoms with Crippen LogP contribution < -0.4 is 19.5 Å². The third-order valence-electron chi connectivity index (χ3n) is 4.63. The standard InChI is InChI=1S/C17H22N2O6/c1-3-17(4-2)15(21)19(16(22)18-17)8-11(20)9-23-12-5-6-13-14(7-12)25-10-24-13/h5-7,11,20H,3-4,8-10H2,1-2H3,(H,18,22)/t11-/m0/s1. The van der Waals surface area contributed by atoms with Crippen LogP contribution in [0, 0.1) is 0 Å². The van der Waals surface area contributed by atoms with Gasteiger partial charge in [-0.25, -0.2) is 4.79 Å². The van der Waals surface area contributed by atoms with Crippen LogP contribution >= 0.6 is 0 Å². The van der Waals surface area contributed by atoms with Crippen molar-refractivity contribution in [3.63, 3.8) is 0 Å². The Morgan fingerprint density at radius 3 is 2.68 bits per heavy atom. The molecule has 0 unspecified atom stereocenters. The van der Waals surface area contributed by atoms with Gasteiger partial charge in [0.15, 0.2) is 11.5 Å². The number of benzene rings is 1. The zero-order valence-corrected chi connectivity index (χ0v) is 14.3. The zero-order valence-electron chi connectivity index (χ0n) is 14.3. The van der Waals surface area contributed by atoms with Crippen molar-refractivity contribution in [3.05, 3.63) is 18.2 Å². The van der Waals surface area contributed by atoms with E-state index >= 15 is 0 Å². The Kier molecular flexibility index (Phi) is 4.71. The third-order valence-corrected chi connectivity index (χ3v) is 4.63. The first-order chi connectivity index (χ1) is 12.0. The van der Waals surface area contributed by atoms with Crippen LogP contribution in [0.1, 0.15) is 26.7 Å². The molecule has 136 valence electrons. The number of imide groups is 1. The molecule has 0 spiro atoms. The van der Waals surface area contributed by atoms with Crippen LogP contribution in [0.4, 0.5) is 4.79 Å². The predicted molar refractivity (Wildman–Crippen MR) is 87.6 cm³/mol. The summed E-state index contributed by atoms with van der Waals surface area (Å²) in [6.07, 6.45) is 0.0209. The molecule has 2 aliphatic rings. The highest BCUT2D eigenvalue weighted by Gasteiger charge is 2.48. The molecule has 1 atom stereocenters. The van der Waals surface area contributed by atoms with Gasteiger partial charge in [-0.2, -0.15) is 0 Å². The lowest BCUT2D eigenvalue weighted by atomic mass is 9.93. The second-order valence-electron chi connectivity index (χ2n) is 6.12. The first kappa shape index (κ1) is 17.3. The second-order valence-corrected chi connectivity index (χ2v) is 6.12. The topological polar surface area (TPSA) is 97.3 Å². The van der Waals surface area contributed by atoms with E-state index in [-0.39, 0.29) is 25.9 Å². The molecule has 1 fully saturated rings. The SMILES string of the molecule is CCC1(CC)NC(=O)N(C[C@H](O)COc2ccc3c(c2)OCO3)C1=O. The van der Waals surface area contributed by atoms with Gasteiger partial charge in [0.1, 0.15) is 24.0 Å². The molecule has 0 bridgehead atoms. The summed E-state index contributed by atoms with van der Waals surface area (Å²) in [6.45, 7) is 3.71. The average Bonchev–Trinajstić information content (AvgIpc) is 3.17. The second kappa shape index (κ2) is 6.79. The van der Waals surface area contributed by atoms with E-state index in [1.807, 2.05) is 13.8 Å². The fourth-order valence-electron chi connectivity index (χ4n) is 2.99. The predicted octanol–water partition coefficient (Wildman–Crippen LogP) is 1.27. The average molecular weight is 350 g/mol. The maximum absolute atomic E-state index is 12.5. The highest BCUT2D eigenvalue weighted by atomic mass is 16.7. The number of hydrogen-bond acceptors (Lipinski definition) is 6. The van der Waals surface area contributed by atoms with Crippen molar-refractivity contribution in [2.75, 3.05) is 19.9 Å². The van der Waals surface area contributed by atoms with Gasteiger partial charge in [0, 0.05) is 6.07 Å². The lowest BCUT2D eigenvalue weighted by Crippen LogP contribution is -2.46. The number of nitrogens with one attached hydrogen (secondary N) is 1. The van der Waals surface area contributed by atoms with Gasteiger partial charge in [0.05, 0.1) is 6.54 Å². The summed E-state index contributed by atoms with van der Waals surface area (Å²) in [6, 6.07) is 4.61. The minimum Gasteiger partial charge on any atom is -0.491 e. The molecule has 0 aliphatic carbocycles. The zero-order chi connectivity index (χ0) is 18.0. The summed E-state index contributed by atoms with van der Waals surface area (Å²) in [7, 11) is 0. The minimum absolute atomic E-state index is 0.0536. The Hall–Kier alpha value is -2.48. The molecular formula is C17H22N2O6. The number of amides is 3. The molecule has 2 heterocycles. The quantitative estimate of drug-likeness (QED) is 0.719. The maximum Gasteiger partial charge on any atom is 0.325 e. The van der Waals surface area contributed by atoms with Crippen LogP contribution in [0.25, 0.3) is 0 Å². The molecule has 8 heteroatoms. The van der Waals surface area contributed by atoms with E-state index in [4.69, 9.17) is 14.2 Å². The molecule has 8 nitrogen and oxygen atoms in total. The van der Waals surface area contributed by atoms with E-state index in [1.54, 1.807) is 18.2 Å². The summed E-state index contributed by atoms with van der Waals surface area (Å²) in [5.41, 5.74) is -0.866. The van der Waals surface area contributed by atoms with Crippen LogP contribution in [0.3, 0.4) is 0 Å². The Morgan fingerprint density at radius 2 is 2.00 bits per heavy atom. The van der Waals surface area contributed by atoms with Crippen molar-refractivity contribution < 1.29 is 28.9 Å². The first-order valence-electron chi connectivity index (χ1n) is 8.33. The van der Waals surface area contributed by atoms with Crippen molar-refractivity contribution in [2.24, 2.45) is 0 Å². The number of rotatable bonds is 7. The number of fused-ring (bicyclic) bond motifs is 1. The van der Waals surface area contributed by atoms with E-state index in [9.17, 15) is 14.7 Å². The van der Waals surface area contributed by atoms with E-state index in [2.05, 4.69) is 5.32 Å². The van der Waals surface area contributed by atoms with E-state index in [0.29, 0.717) is 30.1 Å². The molecule has 1 aromatic carbocycles. The number of nitrogens with zero attached hydrogens (tertiary/aromatic N) is 1. The van der Waals surface area contributed by atoms with Crippen LogP contribution in [0.5, 0.6) is 17.2 Å². The molecule has 2 N–H and O–H groups in total. The van der Waals surface area contributed by atoms with Gasteiger partial charge >= 0.3 is 6.03 Å². The van der Waals surface area contributed by atoms with Gasteiger partial charge in [0.25, 0.3) is 5.91 Å². The fraction of sp³-hybridized carbons (Fsp3) is 0.529. The van der Waals surface area contributed by atoms with Crippen LogP contribution in [0.15, 0.2) is 18.2 Å². The molecule has 0 radical (unpaired) electrons. The molecule has 0 aromatic heterocycles. The highest BCUT2D eigenvalue weighted by molar-refractivity contribution is 6.07. The summed E-state index contributed by atoms with van der Waals surface area (Å²) in [4.78, 5) is 25.6.